The van der Waals surface area contributed by atoms with Gasteiger partial charge in [-0.2, -0.15) is 0 Å². The number of alkyl halides is 1. The zero-order valence-corrected chi connectivity index (χ0v) is 13.0. The van der Waals surface area contributed by atoms with Gasteiger partial charge >= 0.3 is 0 Å². The zero-order chi connectivity index (χ0) is 15.4. The van der Waals surface area contributed by atoms with Crippen LogP contribution in [0.4, 0.5) is 5.69 Å². The Morgan fingerprint density at radius 2 is 1.90 bits per heavy atom. The van der Waals surface area contributed by atoms with E-state index in [0.29, 0.717) is 21.4 Å². The summed E-state index contributed by atoms with van der Waals surface area (Å²) in [5.41, 5.74) is 1.24. The third-order valence-corrected chi connectivity index (χ3v) is 3.96. The summed E-state index contributed by atoms with van der Waals surface area (Å²) in [5, 5.41) is 11.6. The topological polar surface area (TPSA) is 52.4 Å². The number of non-ortho nitro benzene ring substituents is 1. The van der Waals surface area contributed by atoms with Gasteiger partial charge in [0.25, 0.3) is 5.69 Å². The van der Waals surface area contributed by atoms with Gasteiger partial charge in [-0.3, -0.25) is 10.1 Å². The van der Waals surface area contributed by atoms with Crippen molar-refractivity contribution in [3.05, 3.63) is 67.7 Å². The molecule has 2 aromatic rings. The molecule has 0 aromatic heterocycles. The Bertz CT molecular complexity index is 677. The molecule has 0 aliphatic rings. The third-order valence-electron chi connectivity index (χ3n) is 2.81. The minimum absolute atomic E-state index is 0.0289. The first-order chi connectivity index (χ1) is 10.0. The number of nitro groups is 1. The van der Waals surface area contributed by atoms with E-state index in [1.165, 1.54) is 18.2 Å². The average molecular weight is 347 g/mol. The second-order valence-electron chi connectivity index (χ2n) is 4.18. The van der Waals surface area contributed by atoms with Crippen molar-refractivity contribution in [3.8, 4) is 5.75 Å². The van der Waals surface area contributed by atoms with Crippen LogP contribution in [-0.2, 0) is 12.5 Å². The fourth-order valence-electron chi connectivity index (χ4n) is 1.74. The van der Waals surface area contributed by atoms with Crippen molar-refractivity contribution < 1.29 is 9.66 Å². The van der Waals surface area contributed by atoms with Gasteiger partial charge in [0.1, 0.15) is 12.4 Å². The molecule has 0 saturated carbocycles. The van der Waals surface area contributed by atoms with Gasteiger partial charge in [-0.05, 0) is 12.1 Å². The standard InChI is InChI=1S/C14H10Cl3NO3/c15-7-10-6-11(18(19)20)4-5-13(10)21-8-9-2-1-3-12(16)14(9)17/h1-6H,7-8H2. The van der Waals surface area contributed by atoms with Crippen LogP contribution in [0.15, 0.2) is 36.4 Å². The van der Waals surface area contributed by atoms with Crippen LogP contribution in [0.1, 0.15) is 11.1 Å². The predicted octanol–water partition coefficient (Wildman–Crippen LogP) is 5.22. The van der Waals surface area contributed by atoms with Gasteiger partial charge in [0, 0.05) is 23.3 Å². The van der Waals surface area contributed by atoms with Gasteiger partial charge in [0.15, 0.2) is 0 Å². The summed E-state index contributed by atoms with van der Waals surface area (Å²) in [4.78, 5) is 10.3. The minimum atomic E-state index is -0.479. The van der Waals surface area contributed by atoms with Crippen molar-refractivity contribution in [1.29, 1.82) is 0 Å². The van der Waals surface area contributed by atoms with Gasteiger partial charge < -0.3 is 4.74 Å². The molecule has 21 heavy (non-hydrogen) atoms. The summed E-state index contributed by atoms with van der Waals surface area (Å²) in [7, 11) is 0. The number of ether oxygens (including phenoxy) is 1. The highest BCUT2D eigenvalue weighted by Gasteiger charge is 2.12. The van der Waals surface area contributed by atoms with E-state index in [9.17, 15) is 10.1 Å². The monoisotopic (exact) mass is 345 g/mol. The summed E-state index contributed by atoms with van der Waals surface area (Å²) in [5.74, 6) is 0.590. The summed E-state index contributed by atoms with van der Waals surface area (Å²) >= 11 is 17.8. The number of benzene rings is 2. The van der Waals surface area contributed by atoms with Gasteiger partial charge in [0.2, 0.25) is 0 Å². The van der Waals surface area contributed by atoms with E-state index < -0.39 is 4.92 Å². The van der Waals surface area contributed by atoms with Gasteiger partial charge in [0.05, 0.1) is 20.8 Å². The molecule has 7 heteroatoms. The van der Waals surface area contributed by atoms with E-state index in [-0.39, 0.29) is 18.2 Å². The van der Waals surface area contributed by atoms with E-state index in [1.54, 1.807) is 18.2 Å². The first-order valence-corrected chi connectivity index (χ1v) is 7.21. The van der Waals surface area contributed by atoms with Crippen LogP contribution in [0.25, 0.3) is 0 Å². The van der Waals surface area contributed by atoms with Crippen LogP contribution in [0.3, 0.4) is 0 Å². The minimum Gasteiger partial charge on any atom is -0.489 e. The number of nitro benzene ring substituents is 1. The largest absolute Gasteiger partial charge is 0.489 e. The lowest BCUT2D eigenvalue weighted by Gasteiger charge is -2.11. The molecule has 0 N–H and O–H groups in total. The number of nitrogens with zero attached hydrogens (tertiary/aromatic N) is 1. The maximum absolute atomic E-state index is 10.7. The van der Waals surface area contributed by atoms with E-state index in [1.807, 2.05) is 0 Å². The Labute approximate surface area is 136 Å². The van der Waals surface area contributed by atoms with E-state index in [2.05, 4.69) is 0 Å². The highest BCUT2D eigenvalue weighted by atomic mass is 35.5. The van der Waals surface area contributed by atoms with E-state index in [4.69, 9.17) is 39.5 Å². The molecule has 110 valence electrons. The number of rotatable bonds is 5. The lowest BCUT2D eigenvalue weighted by atomic mass is 10.2. The molecule has 0 aliphatic heterocycles. The molecule has 0 amide bonds. The molecule has 2 rings (SSSR count). The van der Waals surface area contributed by atoms with E-state index in [0.717, 1.165) is 5.56 Å². The summed E-state index contributed by atoms with van der Waals surface area (Å²) in [6, 6.07) is 9.52. The van der Waals surface area contributed by atoms with Crippen molar-refractivity contribution in [3.63, 3.8) is 0 Å². The van der Waals surface area contributed by atoms with Crippen LogP contribution >= 0.6 is 34.8 Å². The number of hydrogen-bond acceptors (Lipinski definition) is 3. The summed E-state index contributed by atoms with van der Waals surface area (Å²) in [6.45, 7) is 0.196. The SMILES string of the molecule is O=[N+]([O-])c1ccc(OCc2cccc(Cl)c2Cl)c(CCl)c1. The molecule has 2 aromatic carbocycles. The quantitative estimate of drug-likeness (QED) is 0.424. The highest BCUT2D eigenvalue weighted by Crippen LogP contribution is 2.29. The lowest BCUT2D eigenvalue weighted by Crippen LogP contribution is -2.00. The number of halogens is 3. The highest BCUT2D eigenvalue weighted by molar-refractivity contribution is 6.42. The zero-order valence-electron chi connectivity index (χ0n) is 10.7. The molecule has 0 heterocycles. The van der Waals surface area contributed by atoms with Crippen LogP contribution < -0.4 is 4.74 Å². The van der Waals surface area contributed by atoms with Crippen LogP contribution in [-0.4, -0.2) is 4.92 Å². The predicted molar refractivity (Wildman–Crippen MR) is 83.4 cm³/mol. The molecule has 4 nitrogen and oxygen atoms in total. The molecule has 0 aliphatic carbocycles. The van der Waals surface area contributed by atoms with Crippen molar-refractivity contribution in [2.24, 2.45) is 0 Å². The Morgan fingerprint density at radius 3 is 2.57 bits per heavy atom. The van der Waals surface area contributed by atoms with Crippen LogP contribution in [0.2, 0.25) is 10.0 Å². The van der Waals surface area contributed by atoms with Crippen LogP contribution in [0, 0.1) is 10.1 Å². The second kappa shape index (κ2) is 6.98. The molecule has 0 unspecified atom stereocenters. The maximum Gasteiger partial charge on any atom is 0.270 e. The smallest absolute Gasteiger partial charge is 0.270 e. The van der Waals surface area contributed by atoms with Crippen LogP contribution in [0.5, 0.6) is 5.75 Å². The molecule has 0 fully saturated rings. The van der Waals surface area contributed by atoms with Crippen molar-refractivity contribution in [2.45, 2.75) is 12.5 Å². The molecular formula is C14H10Cl3NO3. The van der Waals surface area contributed by atoms with Gasteiger partial charge in [-0.25, -0.2) is 0 Å². The fraction of sp³-hybridized carbons (Fsp3) is 0.143. The third kappa shape index (κ3) is 3.79. The molecule has 0 atom stereocenters. The van der Waals surface area contributed by atoms with Crippen molar-refractivity contribution in [2.75, 3.05) is 0 Å². The Hall–Kier alpha value is -1.49. The molecule has 0 spiro atoms. The second-order valence-corrected chi connectivity index (χ2v) is 5.24. The summed E-state index contributed by atoms with van der Waals surface area (Å²) in [6.07, 6.45) is 0. The first kappa shape index (κ1) is 15.9. The molecule has 0 radical (unpaired) electrons. The van der Waals surface area contributed by atoms with Gasteiger partial charge in [-0.1, -0.05) is 35.3 Å². The van der Waals surface area contributed by atoms with Gasteiger partial charge in [-0.15, -0.1) is 11.6 Å². The first-order valence-electron chi connectivity index (χ1n) is 5.92. The molecular weight excluding hydrogens is 337 g/mol. The Balaban J connectivity index is 2.20. The summed E-state index contributed by atoms with van der Waals surface area (Å²) < 4.78 is 5.63. The van der Waals surface area contributed by atoms with E-state index >= 15 is 0 Å². The Kier molecular flexibility index (Phi) is 5.28. The average Bonchev–Trinajstić information content (AvgIpc) is 2.48. The lowest BCUT2D eigenvalue weighted by molar-refractivity contribution is -0.384. The number of hydrogen-bond donors (Lipinski definition) is 0. The fourth-order valence-corrected chi connectivity index (χ4v) is 2.32. The van der Waals surface area contributed by atoms with Crippen molar-refractivity contribution in [1.82, 2.24) is 0 Å². The Morgan fingerprint density at radius 1 is 1.14 bits per heavy atom. The van der Waals surface area contributed by atoms with Crippen molar-refractivity contribution >= 4 is 40.5 Å². The maximum atomic E-state index is 10.7. The normalized spacial score (nSPS) is 10.4. The molecule has 0 bridgehead atoms. The molecule has 0 saturated heterocycles.